The van der Waals surface area contributed by atoms with Crippen LogP contribution in [0.1, 0.15) is 101 Å². The topological polar surface area (TPSA) is 71.8 Å². The Bertz CT molecular complexity index is 1320. The molecule has 1 N–H and O–H groups in total. The van der Waals surface area contributed by atoms with Crippen LogP contribution in [0.25, 0.3) is 11.2 Å². The lowest BCUT2D eigenvalue weighted by Crippen LogP contribution is -2.45. The number of amides is 1. The van der Waals surface area contributed by atoms with Gasteiger partial charge in [0.1, 0.15) is 11.6 Å². The van der Waals surface area contributed by atoms with Crippen LogP contribution in [0.2, 0.25) is 0 Å². The number of benzene rings is 1. The summed E-state index contributed by atoms with van der Waals surface area (Å²) >= 11 is 0. The number of allylic oxidation sites excluding steroid dienone is 1. The molecule has 3 heterocycles. The van der Waals surface area contributed by atoms with Gasteiger partial charge in [0.15, 0.2) is 12.3 Å². The van der Waals surface area contributed by atoms with E-state index in [-0.39, 0.29) is 18.4 Å². The zero-order valence-electron chi connectivity index (χ0n) is 25.3. The molecule has 1 saturated heterocycles. The van der Waals surface area contributed by atoms with E-state index in [4.69, 9.17) is 14.8 Å². The Hall–Kier alpha value is -3.35. The second-order valence-electron chi connectivity index (χ2n) is 11.9. The van der Waals surface area contributed by atoms with Gasteiger partial charge in [0, 0.05) is 49.2 Å². The largest absolute Gasteiger partial charge is 0.483 e. The summed E-state index contributed by atoms with van der Waals surface area (Å²) in [6.07, 6.45) is 5.64. The Morgan fingerprint density at radius 2 is 1.93 bits per heavy atom. The highest BCUT2D eigenvalue weighted by atomic mass is 16.5. The summed E-state index contributed by atoms with van der Waals surface area (Å²) in [5.74, 6) is 2.88. The number of carbonyl (C=O) groups is 1. The monoisotopic (exact) mass is 545 g/mol. The SMILES string of the molecule is C=C(C)c1cc(C)ccc1OCC(=O)NCCC(C)c1cc(N2CC(C)C2)nc2cc(C(C)CCCCC)nn12. The summed E-state index contributed by atoms with van der Waals surface area (Å²) < 4.78 is 7.88. The van der Waals surface area contributed by atoms with E-state index in [1.54, 1.807) is 0 Å². The maximum atomic E-state index is 12.6. The highest BCUT2D eigenvalue weighted by Gasteiger charge is 2.26. The third-order valence-electron chi connectivity index (χ3n) is 7.95. The molecule has 216 valence electrons. The molecule has 7 heteroatoms. The van der Waals surface area contributed by atoms with Crippen molar-refractivity contribution < 1.29 is 9.53 Å². The van der Waals surface area contributed by atoms with Crippen molar-refractivity contribution in [2.24, 2.45) is 5.92 Å². The summed E-state index contributed by atoms with van der Waals surface area (Å²) in [6.45, 7) is 19.6. The van der Waals surface area contributed by atoms with Crippen molar-refractivity contribution in [3.05, 3.63) is 59.4 Å². The summed E-state index contributed by atoms with van der Waals surface area (Å²) in [5, 5.41) is 8.06. The number of unbranched alkanes of at least 4 members (excludes halogenated alkanes) is 2. The average molecular weight is 546 g/mol. The minimum absolute atomic E-state index is 0.0209. The fourth-order valence-electron chi connectivity index (χ4n) is 5.36. The number of hydrogen-bond acceptors (Lipinski definition) is 5. The minimum Gasteiger partial charge on any atom is -0.483 e. The third kappa shape index (κ3) is 7.23. The first-order valence-corrected chi connectivity index (χ1v) is 15.0. The smallest absolute Gasteiger partial charge is 0.257 e. The second-order valence-corrected chi connectivity index (χ2v) is 11.9. The number of anilines is 1. The van der Waals surface area contributed by atoms with E-state index >= 15 is 0 Å². The van der Waals surface area contributed by atoms with Crippen molar-refractivity contribution in [2.75, 3.05) is 31.1 Å². The molecule has 0 aliphatic carbocycles. The predicted molar refractivity (Wildman–Crippen MR) is 164 cm³/mol. The van der Waals surface area contributed by atoms with Crippen LogP contribution in [-0.4, -0.2) is 46.7 Å². The van der Waals surface area contributed by atoms with Gasteiger partial charge in [-0.2, -0.15) is 5.10 Å². The molecule has 2 unspecified atom stereocenters. The van der Waals surface area contributed by atoms with Crippen LogP contribution in [0, 0.1) is 12.8 Å². The summed E-state index contributed by atoms with van der Waals surface area (Å²) in [5.41, 5.74) is 6.16. The Morgan fingerprint density at radius 3 is 2.62 bits per heavy atom. The van der Waals surface area contributed by atoms with E-state index in [9.17, 15) is 4.79 Å². The molecular formula is C33H47N5O2. The van der Waals surface area contributed by atoms with Gasteiger partial charge in [0.2, 0.25) is 0 Å². The van der Waals surface area contributed by atoms with Crippen LogP contribution >= 0.6 is 0 Å². The molecule has 0 radical (unpaired) electrons. The first kappa shape index (κ1) is 29.6. The number of fused-ring (bicyclic) bond motifs is 1. The molecule has 2 atom stereocenters. The number of aromatic nitrogens is 3. The lowest BCUT2D eigenvalue weighted by Gasteiger charge is -2.38. The first-order chi connectivity index (χ1) is 19.2. The van der Waals surface area contributed by atoms with Gasteiger partial charge in [-0.15, -0.1) is 0 Å². The molecule has 4 rings (SSSR count). The zero-order valence-corrected chi connectivity index (χ0v) is 25.3. The van der Waals surface area contributed by atoms with Crippen LogP contribution < -0.4 is 15.0 Å². The number of hydrogen-bond donors (Lipinski definition) is 1. The van der Waals surface area contributed by atoms with Gasteiger partial charge in [-0.05, 0) is 50.3 Å². The van der Waals surface area contributed by atoms with Crippen LogP contribution in [-0.2, 0) is 4.79 Å². The quantitative estimate of drug-likeness (QED) is 0.223. The zero-order chi connectivity index (χ0) is 28.8. The Balaban J connectivity index is 1.41. The Labute approximate surface area is 240 Å². The predicted octanol–water partition coefficient (Wildman–Crippen LogP) is 6.90. The van der Waals surface area contributed by atoms with Crippen LogP contribution in [0.4, 0.5) is 5.82 Å². The average Bonchev–Trinajstić information content (AvgIpc) is 3.34. The maximum absolute atomic E-state index is 12.6. The van der Waals surface area contributed by atoms with Gasteiger partial charge in [-0.1, -0.05) is 65.2 Å². The first-order valence-electron chi connectivity index (χ1n) is 15.0. The number of carbonyl (C=O) groups excluding carboxylic acids is 1. The van der Waals surface area contributed by atoms with Gasteiger partial charge >= 0.3 is 0 Å². The second kappa shape index (κ2) is 13.3. The lowest BCUT2D eigenvalue weighted by atomic mass is 10.00. The maximum Gasteiger partial charge on any atom is 0.257 e. The molecule has 2 aromatic heterocycles. The summed E-state index contributed by atoms with van der Waals surface area (Å²) in [4.78, 5) is 20.0. The van der Waals surface area contributed by atoms with Gasteiger partial charge in [0.05, 0.1) is 11.4 Å². The number of rotatable bonds is 14. The Morgan fingerprint density at radius 1 is 1.15 bits per heavy atom. The number of nitrogens with one attached hydrogen (secondary N) is 1. The van der Waals surface area contributed by atoms with Crippen LogP contribution in [0.15, 0.2) is 36.9 Å². The van der Waals surface area contributed by atoms with Gasteiger partial charge < -0.3 is 15.0 Å². The number of ether oxygens (including phenoxy) is 1. The molecule has 40 heavy (non-hydrogen) atoms. The molecule has 0 bridgehead atoms. The van der Waals surface area contributed by atoms with Crippen molar-refractivity contribution in [1.82, 2.24) is 19.9 Å². The van der Waals surface area contributed by atoms with E-state index in [2.05, 4.69) is 56.6 Å². The van der Waals surface area contributed by atoms with E-state index in [1.165, 1.54) is 19.3 Å². The Kier molecular flexibility index (Phi) is 9.88. The molecule has 1 aromatic carbocycles. The van der Waals surface area contributed by atoms with Crippen LogP contribution in [0.3, 0.4) is 0 Å². The van der Waals surface area contributed by atoms with Crippen molar-refractivity contribution in [3.63, 3.8) is 0 Å². The fourth-order valence-corrected chi connectivity index (χ4v) is 5.36. The van der Waals surface area contributed by atoms with Gasteiger partial charge in [-0.25, -0.2) is 9.50 Å². The van der Waals surface area contributed by atoms with Gasteiger partial charge in [0.25, 0.3) is 5.91 Å². The molecule has 0 spiro atoms. The van der Waals surface area contributed by atoms with Crippen molar-refractivity contribution in [2.45, 2.75) is 85.5 Å². The molecular weight excluding hydrogens is 498 g/mol. The number of nitrogens with zero attached hydrogens (tertiary/aromatic N) is 4. The summed E-state index contributed by atoms with van der Waals surface area (Å²) in [7, 11) is 0. The summed E-state index contributed by atoms with van der Waals surface area (Å²) in [6, 6.07) is 10.3. The minimum atomic E-state index is -0.127. The molecule has 1 aliphatic heterocycles. The fraction of sp³-hybridized carbons (Fsp3) is 0.545. The highest BCUT2D eigenvalue weighted by Crippen LogP contribution is 2.30. The highest BCUT2D eigenvalue weighted by molar-refractivity contribution is 5.78. The van der Waals surface area contributed by atoms with E-state index in [0.29, 0.717) is 24.1 Å². The lowest BCUT2D eigenvalue weighted by molar-refractivity contribution is -0.123. The third-order valence-corrected chi connectivity index (χ3v) is 7.95. The van der Waals surface area contributed by atoms with Crippen molar-refractivity contribution in [3.8, 4) is 5.75 Å². The molecule has 1 amide bonds. The van der Waals surface area contributed by atoms with E-state index < -0.39 is 0 Å². The van der Waals surface area contributed by atoms with Crippen molar-refractivity contribution >= 4 is 22.9 Å². The van der Waals surface area contributed by atoms with E-state index in [0.717, 1.165) is 65.5 Å². The molecule has 0 saturated carbocycles. The number of aryl methyl sites for hydroxylation is 1. The molecule has 1 aliphatic rings. The standard InChI is InChI=1S/C33H47N5O2/c1-8-9-10-11-25(6)28-17-32-35-31(37-19-24(5)20-37)18-29(38(32)36-28)26(7)14-15-34-33(39)21-40-30-13-12-23(4)16-27(30)22(2)3/h12-13,16-18,24-26H,2,8-11,14-15,19-21H2,1,3-7H3,(H,34,39). The normalized spacial score (nSPS) is 15.1. The van der Waals surface area contributed by atoms with E-state index in [1.807, 2.05) is 36.6 Å². The van der Waals surface area contributed by atoms with Gasteiger partial charge in [-0.3, -0.25) is 4.79 Å². The molecule has 3 aromatic rings. The van der Waals surface area contributed by atoms with Crippen molar-refractivity contribution in [1.29, 1.82) is 0 Å². The molecule has 1 fully saturated rings. The molecule has 7 nitrogen and oxygen atoms in total. The van der Waals surface area contributed by atoms with Crippen LogP contribution in [0.5, 0.6) is 5.75 Å².